The van der Waals surface area contributed by atoms with Gasteiger partial charge in [-0.2, -0.15) is 0 Å². The lowest BCUT2D eigenvalue weighted by molar-refractivity contribution is -0.139. The second kappa shape index (κ2) is 12.5. The van der Waals surface area contributed by atoms with Gasteiger partial charge in [0, 0.05) is 61.6 Å². The van der Waals surface area contributed by atoms with E-state index in [-0.39, 0.29) is 12.2 Å². The summed E-state index contributed by atoms with van der Waals surface area (Å²) < 4.78 is 11.0. The Labute approximate surface area is 188 Å². The zero-order valence-corrected chi connectivity index (χ0v) is 18.5. The summed E-state index contributed by atoms with van der Waals surface area (Å²) in [5.41, 5.74) is 3.04. The Morgan fingerprint density at radius 3 is 2.56 bits per heavy atom. The molecule has 168 valence electrons. The third-order valence-corrected chi connectivity index (χ3v) is 4.62. The van der Waals surface area contributed by atoms with Crippen LogP contribution in [0.15, 0.2) is 61.1 Å². The number of hydrogen-bond donors (Lipinski definition) is 2. The third-order valence-electron chi connectivity index (χ3n) is 4.62. The van der Waals surface area contributed by atoms with Crippen LogP contribution in [-0.2, 0) is 9.47 Å². The fourth-order valence-corrected chi connectivity index (χ4v) is 3.13. The smallest absolute Gasteiger partial charge is 0.251 e. The molecule has 0 radical (unpaired) electrons. The number of carbonyl (C=O) groups excluding carboxylic acids is 1. The van der Waals surface area contributed by atoms with Gasteiger partial charge in [-0.15, -0.1) is 0 Å². The van der Waals surface area contributed by atoms with Gasteiger partial charge in [0.05, 0.1) is 5.69 Å². The maximum absolute atomic E-state index is 12.5. The molecule has 0 spiro atoms. The van der Waals surface area contributed by atoms with E-state index in [1.807, 2.05) is 44.2 Å². The lowest BCUT2D eigenvalue weighted by Crippen LogP contribution is -2.26. The summed E-state index contributed by atoms with van der Waals surface area (Å²) in [7, 11) is 0. The van der Waals surface area contributed by atoms with Crippen LogP contribution in [0.25, 0.3) is 11.3 Å². The van der Waals surface area contributed by atoms with Crippen molar-refractivity contribution >= 4 is 17.5 Å². The van der Waals surface area contributed by atoms with Crippen LogP contribution in [0.4, 0.5) is 11.6 Å². The molecule has 0 fully saturated rings. The minimum absolute atomic E-state index is 0.135. The van der Waals surface area contributed by atoms with Crippen molar-refractivity contribution < 1.29 is 14.3 Å². The van der Waals surface area contributed by atoms with E-state index in [4.69, 9.17) is 9.47 Å². The topological polar surface area (TPSA) is 98.3 Å². The Bertz CT molecular complexity index is 978. The Balaban J connectivity index is 1.55. The van der Waals surface area contributed by atoms with Crippen LogP contribution in [-0.4, -0.2) is 46.9 Å². The highest BCUT2D eigenvalue weighted by molar-refractivity contribution is 5.95. The van der Waals surface area contributed by atoms with Crippen molar-refractivity contribution in [3.8, 4) is 11.3 Å². The molecule has 0 aliphatic rings. The van der Waals surface area contributed by atoms with Crippen LogP contribution in [0.1, 0.15) is 37.0 Å². The molecule has 1 amide bonds. The Kier molecular flexibility index (Phi) is 9.09. The molecule has 0 aliphatic heterocycles. The fraction of sp³-hybridized carbons (Fsp3) is 0.333. The maximum atomic E-state index is 12.5. The summed E-state index contributed by atoms with van der Waals surface area (Å²) in [6.45, 7) is 5.63. The summed E-state index contributed by atoms with van der Waals surface area (Å²) in [6, 6.07) is 12.9. The molecule has 2 aromatic heterocycles. The first kappa shape index (κ1) is 23.3. The molecule has 3 rings (SSSR count). The van der Waals surface area contributed by atoms with Crippen molar-refractivity contribution in [2.75, 3.05) is 25.1 Å². The van der Waals surface area contributed by atoms with E-state index in [2.05, 4.69) is 25.6 Å². The molecular weight excluding hydrogens is 406 g/mol. The van der Waals surface area contributed by atoms with Crippen LogP contribution in [0.5, 0.6) is 0 Å². The quantitative estimate of drug-likeness (QED) is 0.325. The van der Waals surface area contributed by atoms with Gasteiger partial charge in [-0.1, -0.05) is 6.07 Å². The van der Waals surface area contributed by atoms with Crippen molar-refractivity contribution in [2.24, 2.45) is 0 Å². The van der Waals surface area contributed by atoms with Crippen molar-refractivity contribution in [1.29, 1.82) is 0 Å². The van der Waals surface area contributed by atoms with E-state index in [0.717, 1.165) is 29.8 Å². The van der Waals surface area contributed by atoms with Gasteiger partial charge in [0.15, 0.2) is 6.29 Å². The Morgan fingerprint density at radius 1 is 1.03 bits per heavy atom. The molecule has 0 saturated heterocycles. The summed E-state index contributed by atoms with van der Waals surface area (Å²) >= 11 is 0. The number of pyridine rings is 1. The number of nitrogens with zero attached hydrogens (tertiary/aromatic N) is 3. The predicted octanol–water partition coefficient (Wildman–Crippen LogP) is 4.19. The minimum Gasteiger partial charge on any atom is -0.353 e. The predicted molar refractivity (Wildman–Crippen MR) is 124 cm³/mol. The molecule has 8 heteroatoms. The van der Waals surface area contributed by atoms with Gasteiger partial charge in [-0.05, 0) is 56.7 Å². The summed E-state index contributed by atoms with van der Waals surface area (Å²) in [6.07, 6.45) is 6.41. The third kappa shape index (κ3) is 7.11. The number of amides is 1. The summed E-state index contributed by atoms with van der Waals surface area (Å²) in [5, 5.41) is 6.11. The first-order valence-corrected chi connectivity index (χ1v) is 10.8. The van der Waals surface area contributed by atoms with Gasteiger partial charge in [0.25, 0.3) is 5.91 Å². The van der Waals surface area contributed by atoms with E-state index in [1.54, 1.807) is 30.7 Å². The molecule has 0 bridgehead atoms. The van der Waals surface area contributed by atoms with Crippen molar-refractivity contribution in [3.05, 3.63) is 66.6 Å². The van der Waals surface area contributed by atoms with Gasteiger partial charge in [-0.25, -0.2) is 9.97 Å². The average molecular weight is 436 g/mol. The SMILES string of the molecule is CCOC(CCCNC(=O)c1cccc(Nc2nccc(-c3ccncc3)n2)c1)OCC. The molecule has 0 aliphatic carbocycles. The van der Waals surface area contributed by atoms with E-state index < -0.39 is 0 Å². The zero-order valence-electron chi connectivity index (χ0n) is 18.5. The van der Waals surface area contributed by atoms with E-state index >= 15 is 0 Å². The first-order chi connectivity index (χ1) is 15.7. The first-order valence-electron chi connectivity index (χ1n) is 10.8. The van der Waals surface area contributed by atoms with Crippen LogP contribution in [0.2, 0.25) is 0 Å². The molecule has 3 aromatic rings. The molecule has 0 atom stereocenters. The second-order valence-electron chi connectivity index (χ2n) is 6.95. The minimum atomic E-state index is -0.225. The monoisotopic (exact) mass is 435 g/mol. The van der Waals surface area contributed by atoms with Gasteiger partial charge in [0.1, 0.15) is 0 Å². The number of rotatable bonds is 12. The van der Waals surface area contributed by atoms with Crippen molar-refractivity contribution in [2.45, 2.75) is 33.0 Å². The average Bonchev–Trinajstić information content (AvgIpc) is 2.83. The molecule has 32 heavy (non-hydrogen) atoms. The highest BCUT2D eigenvalue weighted by atomic mass is 16.7. The highest BCUT2D eigenvalue weighted by Crippen LogP contribution is 2.19. The molecular formula is C24H29N5O3. The molecule has 1 aromatic carbocycles. The highest BCUT2D eigenvalue weighted by Gasteiger charge is 2.10. The zero-order chi connectivity index (χ0) is 22.6. The number of ether oxygens (including phenoxy) is 2. The fourth-order valence-electron chi connectivity index (χ4n) is 3.13. The van der Waals surface area contributed by atoms with E-state index in [1.165, 1.54) is 0 Å². The van der Waals surface area contributed by atoms with Crippen LogP contribution >= 0.6 is 0 Å². The van der Waals surface area contributed by atoms with E-state index in [0.29, 0.717) is 31.3 Å². The largest absolute Gasteiger partial charge is 0.353 e. The van der Waals surface area contributed by atoms with Gasteiger partial charge < -0.3 is 20.1 Å². The van der Waals surface area contributed by atoms with E-state index in [9.17, 15) is 4.79 Å². The molecule has 2 N–H and O–H groups in total. The number of aromatic nitrogens is 3. The van der Waals surface area contributed by atoms with Crippen LogP contribution < -0.4 is 10.6 Å². The number of benzene rings is 1. The number of carbonyl (C=O) groups is 1. The lowest BCUT2D eigenvalue weighted by Gasteiger charge is -2.16. The Morgan fingerprint density at radius 2 is 1.81 bits per heavy atom. The van der Waals surface area contributed by atoms with Crippen molar-refractivity contribution in [3.63, 3.8) is 0 Å². The normalized spacial score (nSPS) is 10.8. The molecule has 2 heterocycles. The molecule has 0 saturated carbocycles. The lowest BCUT2D eigenvalue weighted by atomic mass is 10.2. The molecule has 8 nitrogen and oxygen atoms in total. The summed E-state index contributed by atoms with van der Waals surface area (Å²) in [4.78, 5) is 25.4. The maximum Gasteiger partial charge on any atom is 0.251 e. The van der Waals surface area contributed by atoms with Crippen LogP contribution in [0.3, 0.4) is 0 Å². The number of nitrogens with one attached hydrogen (secondary N) is 2. The van der Waals surface area contributed by atoms with Crippen molar-refractivity contribution in [1.82, 2.24) is 20.3 Å². The van der Waals surface area contributed by atoms with Gasteiger partial charge in [0.2, 0.25) is 5.95 Å². The van der Waals surface area contributed by atoms with Gasteiger partial charge >= 0.3 is 0 Å². The molecule has 0 unspecified atom stereocenters. The number of anilines is 2. The van der Waals surface area contributed by atoms with Crippen LogP contribution in [0, 0.1) is 0 Å². The second-order valence-corrected chi connectivity index (χ2v) is 6.95. The summed E-state index contributed by atoms with van der Waals surface area (Å²) in [5.74, 6) is 0.319. The number of hydrogen-bond acceptors (Lipinski definition) is 7. The Hall–Kier alpha value is -3.36. The standard InChI is InChI=1S/C24H29N5O3/c1-3-31-22(32-4-2)9-6-13-26-23(30)19-7-5-8-20(17-19)28-24-27-16-12-21(29-24)18-10-14-25-15-11-18/h5,7-8,10-12,14-17,22H,3-4,6,9,13H2,1-2H3,(H,26,30)(H,27,28,29). The van der Waals surface area contributed by atoms with Gasteiger partial charge in [-0.3, -0.25) is 9.78 Å².